The molecule has 0 aliphatic rings. The number of para-hydroxylation sites is 1. The monoisotopic (exact) mass is 300 g/mol. The van der Waals surface area contributed by atoms with Crippen LogP contribution >= 0.6 is 0 Å². The molecule has 0 radical (unpaired) electrons. The highest BCUT2D eigenvalue weighted by molar-refractivity contribution is 5.96. The second-order valence-electron chi connectivity index (χ2n) is 4.34. The van der Waals surface area contributed by atoms with Gasteiger partial charge in [0.2, 0.25) is 0 Å². The van der Waals surface area contributed by atoms with E-state index in [4.69, 9.17) is 9.47 Å². The van der Waals surface area contributed by atoms with Crippen molar-refractivity contribution in [2.45, 2.75) is 6.92 Å². The molecule has 2 rings (SSSR count). The summed E-state index contributed by atoms with van der Waals surface area (Å²) in [6.07, 6.45) is 0. The second kappa shape index (κ2) is 7.26. The van der Waals surface area contributed by atoms with E-state index < -0.39 is 11.9 Å². The van der Waals surface area contributed by atoms with Gasteiger partial charge >= 0.3 is 11.9 Å². The van der Waals surface area contributed by atoms with Crippen LogP contribution in [0.3, 0.4) is 0 Å². The number of carbonyl (C=O) groups is 2. The fourth-order valence-electron chi connectivity index (χ4n) is 1.87. The largest absolute Gasteiger partial charge is 0.494 e. The fourth-order valence-corrected chi connectivity index (χ4v) is 1.87. The summed E-state index contributed by atoms with van der Waals surface area (Å²) < 4.78 is 15.3. The Morgan fingerprint density at radius 3 is 2.50 bits per heavy atom. The van der Waals surface area contributed by atoms with Crippen molar-refractivity contribution in [1.82, 2.24) is 0 Å². The van der Waals surface area contributed by atoms with Gasteiger partial charge in [0.25, 0.3) is 0 Å². The summed E-state index contributed by atoms with van der Waals surface area (Å²) in [4.78, 5) is 23.9. The maximum atomic E-state index is 12.2. The van der Waals surface area contributed by atoms with Gasteiger partial charge in [-0.3, -0.25) is 0 Å². The normalized spacial score (nSPS) is 9.91. The molecule has 0 unspecified atom stereocenters. The first-order valence-corrected chi connectivity index (χ1v) is 6.78. The number of ether oxygens (including phenoxy) is 3. The Morgan fingerprint density at radius 1 is 1.00 bits per heavy atom. The first-order chi connectivity index (χ1) is 10.7. The topological polar surface area (TPSA) is 61.8 Å². The van der Waals surface area contributed by atoms with E-state index in [1.54, 1.807) is 36.4 Å². The lowest BCUT2D eigenvalue weighted by Crippen LogP contribution is -2.12. The zero-order chi connectivity index (χ0) is 15.9. The summed E-state index contributed by atoms with van der Waals surface area (Å²) in [5.41, 5.74) is 0.532. The van der Waals surface area contributed by atoms with E-state index in [-0.39, 0.29) is 11.3 Å². The van der Waals surface area contributed by atoms with Gasteiger partial charge in [-0.2, -0.15) is 0 Å². The number of hydrogen-bond donors (Lipinski definition) is 0. The molecule has 2 aromatic carbocycles. The molecular formula is C17H16O5. The van der Waals surface area contributed by atoms with E-state index in [9.17, 15) is 9.59 Å². The van der Waals surface area contributed by atoms with Crippen LogP contribution in [0.5, 0.6) is 11.5 Å². The maximum absolute atomic E-state index is 12.2. The smallest absolute Gasteiger partial charge is 0.343 e. The van der Waals surface area contributed by atoms with Gasteiger partial charge in [0.1, 0.15) is 17.1 Å². The summed E-state index contributed by atoms with van der Waals surface area (Å²) >= 11 is 0. The second-order valence-corrected chi connectivity index (χ2v) is 4.34. The van der Waals surface area contributed by atoms with Crippen LogP contribution in [-0.2, 0) is 4.74 Å². The van der Waals surface area contributed by atoms with Crippen molar-refractivity contribution in [3.8, 4) is 11.5 Å². The van der Waals surface area contributed by atoms with Crippen LogP contribution in [0.15, 0.2) is 48.5 Å². The van der Waals surface area contributed by atoms with Gasteiger partial charge in [0, 0.05) is 0 Å². The van der Waals surface area contributed by atoms with E-state index >= 15 is 0 Å². The molecule has 0 bridgehead atoms. The molecule has 2 aromatic rings. The molecule has 0 saturated carbocycles. The number of hydrogen-bond acceptors (Lipinski definition) is 5. The van der Waals surface area contributed by atoms with Gasteiger partial charge in [0.15, 0.2) is 0 Å². The van der Waals surface area contributed by atoms with Crippen LogP contribution in [0.1, 0.15) is 27.6 Å². The Balaban J connectivity index is 2.22. The number of rotatable bonds is 5. The minimum absolute atomic E-state index is 0.154. The third kappa shape index (κ3) is 3.63. The summed E-state index contributed by atoms with van der Waals surface area (Å²) in [6, 6.07) is 13.1. The van der Waals surface area contributed by atoms with Gasteiger partial charge in [-0.25, -0.2) is 9.59 Å². The molecule has 0 spiro atoms. The molecule has 5 nitrogen and oxygen atoms in total. The summed E-state index contributed by atoms with van der Waals surface area (Å²) in [5.74, 6) is -0.399. The molecule has 114 valence electrons. The van der Waals surface area contributed by atoms with Gasteiger partial charge in [0.05, 0.1) is 19.3 Å². The highest BCUT2D eigenvalue weighted by Crippen LogP contribution is 2.21. The molecule has 0 N–H and O–H groups in total. The molecule has 0 atom stereocenters. The van der Waals surface area contributed by atoms with Gasteiger partial charge in [-0.1, -0.05) is 18.2 Å². The highest BCUT2D eigenvalue weighted by Gasteiger charge is 2.16. The van der Waals surface area contributed by atoms with Crippen molar-refractivity contribution in [2.75, 3.05) is 13.7 Å². The Hall–Kier alpha value is -2.82. The van der Waals surface area contributed by atoms with E-state index in [0.29, 0.717) is 17.9 Å². The summed E-state index contributed by atoms with van der Waals surface area (Å²) in [7, 11) is 1.27. The van der Waals surface area contributed by atoms with Gasteiger partial charge in [-0.15, -0.1) is 0 Å². The van der Waals surface area contributed by atoms with Gasteiger partial charge < -0.3 is 14.2 Å². The lowest BCUT2D eigenvalue weighted by atomic mass is 10.2. The van der Waals surface area contributed by atoms with Crippen molar-refractivity contribution in [3.63, 3.8) is 0 Å². The molecule has 0 aromatic heterocycles. The predicted molar refractivity (Wildman–Crippen MR) is 80.4 cm³/mol. The number of carbonyl (C=O) groups excluding carboxylic acids is 2. The van der Waals surface area contributed by atoms with Crippen molar-refractivity contribution in [3.05, 3.63) is 59.7 Å². The molecule has 0 saturated heterocycles. The predicted octanol–water partition coefficient (Wildman–Crippen LogP) is 3.09. The van der Waals surface area contributed by atoms with Gasteiger partial charge in [-0.05, 0) is 37.3 Å². The van der Waals surface area contributed by atoms with Crippen LogP contribution < -0.4 is 9.47 Å². The standard InChI is InChI=1S/C17H16O5/c1-3-21-13-8-6-7-12(11-13)16(18)22-15-10-5-4-9-14(15)17(19)20-2/h4-11H,3H2,1-2H3. The Kier molecular flexibility index (Phi) is 5.14. The Labute approximate surface area is 128 Å². The summed E-state index contributed by atoms with van der Waals surface area (Å²) in [5, 5.41) is 0. The quantitative estimate of drug-likeness (QED) is 0.627. The van der Waals surface area contributed by atoms with Crippen LogP contribution in [0.25, 0.3) is 0 Å². The highest BCUT2D eigenvalue weighted by atomic mass is 16.5. The van der Waals surface area contributed by atoms with E-state index in [0.717, 1.165) is 0 Å². The molecular weight excluding hydrogens is 284 g/mol. The van der Waals surface area contributed by atoms with Crippen LogP contribution in [-0.4, -0.2) is 25.7 Å². The minimum Gasteiger partial charge on any atom is -0.494 e. The number of methoxy groups -OCH3 is 1. The first kappa shape index (κ1) is 15.6. The zero-order valence-electron chi connectivity index (χ0n) is 12.4. The zero-order valence-corrected chi connectivity index (χ0v) is 12.4. The molecule has 0 heterocycles. The number of benzene rings is 2. The average molecular weight is 300 g/mol. The molecule has 0 aliphatic carbocycles. The van der Waals surface area contributed by atoms with Crippen molar-refractivity contribution in [1.29, 1.82) is 0 Å². The van der Waals surface area contributed by atoms with Crippen LogP contribution in [0.2, 0.25) is 0 Å². The van der Waals surface area contributed by atoms with Crippen LogP contribution in [0.4, 0.5) is 0 Å². The number of esters is 2. The van der Waals surface area contributed by atoms with E-state index in [1.165, 1.54) is 19.2 Å². The Bertz CT molecular complexity index is 678. The van der Waals surface area contributed by atoms with Crippen molar-refractivity contribution >= 4 is 11.9 Å². The summed E-state index contributed by atoms with van der Waals surface area (Å²) in [6.45, 7) is 2.36. The third-order valence-corrected chi connectivity index (χ3v) is 2.88. The molecule has 22 heavy (non-hydrogen) atoms. The fraction of sp³-hybridized carbons (Fsp3) is 0.176. The lowest BCUT2D eigenvalue weighted by molar-refractivity contribution is 0.0593. The maximum Gasteiger partial charge on any atom is 0.343 e. The van der Waals surface area contributed by atoms with Crippen molar-refractivity contribution < 1.29 is 23.8 Å². The van der Waals surface area contributed by atoms with E-state index in [1.807, 2.05) is 6.92 Å². The van der Waals surface area contributed by atoms with Crippen molar-refractivity contribution in [2.24, 2.45) is 0 Å². The third-order valence-electron chi connectivity index (χ3n) is 2.88. The molecule has 5 heteroatoms. The first-order valence-electron chi connectivity index (χ1n) is 6.78. The molecule has 0 amide bonds. The van der Waals surface area contributed by atoms with E-state index in [2.05, 4.69) is 4.74 Å². The average Bonchev–Trinajstić information content (AvgIpc) is 2.55. The molecule has 0 fully saturated rings. The van der Waals surface area contributed by atoms with Crippen LogP contribution in [0, 0.1) is 0 Å². The lowest BCUT2D eigenvalue weighted by Gasteiger charge is -2.09. The Morgan fingerprint density at radius 2 is 1.77 bits per heavy atom. The molecule has 0 aliphatic heterocycles. The SMILES string of the molecule is CCOc1cccc(C(=O)Oc2ccccc2C(=O)OC)c1. The minimum atomic E-state index is -0.571.